The van der Waals surface area contributed by atoms with Gasteiger partial charge in [0.25, 0.3) is 5.76 Å². The van der Waals surface area contributed by atoms with Crippen LogP contribution < -0.4 is 5.73 Å². The Morgan fingerprint density at radius 2 is 1.70 bits per heavy atom. The van der Waals surface area contributed by atoms with E-state index in [0.29, 0.717) is 27.8 Å². The number of hydrogen-bond acceptors (Lipinski definition) is 2. The fourth-order valence-electron chi connectivity index (χ4n) is 1.86. The third-order valence-corrected chi connectivity index (χ3v) is 3.63. The van der Waals surface area contributed by atoms with E-state index in [-0.39, 0.29) is 11.9 Å². The molecule has 2 aromatic carbocycles. The van der Waals surface area contributed by atoms with Crippen LogP contribution in [0.15, 0.2) is 47.4 Å². The lowest BCUT2D eigenvalue weighted by Gasteiger charge is -2.10. The highest BCUT2D eigenvalue weighted by Gasteiger charge is 2.10. The van der Waals surface area contributed by atoms with Crippen molar-refractivity contribution in [3.05, 3.63) is 53.8 Å². The van der Waals surface area contributed by atoms with Crippen molar-refractivity contribution in [1.82, 2.24) is 0 Å². The molecule has 0 saturated heterocycles. The van der Waals surface area contributed by atoms with Crippen molar-refractivity contribution in [1.29, 1.82) is 0 Å². The molecular weight excluding hydrogens is 283 g/mol. The van der Waals surface area contributed by atoms with Crippen LogP contribution in [0.3, 0.4) is 0 Å². The molecule has 2 rings (SSSR count). The summed E-state index contributed by atoms with van der Waals surface area (Å²) in [6.07, 6.45) is 0. The van der Waals surface area contributed by atoms with Crippen LogP contribution in [0, 0.1) is 5.82 Å². The van der Waals surface area contributed by atoms with Crippen molar-refractivity contribution in [2.45, 2.75) is 23.6 Å². The molecule has 0 heterocycles. The average molecular weight is 297 g/mol. The molecule has 2 N–H and O–H groups in total. The predicted molar refractivity (Wildman–Crippen MR) is 76.3 cm³/mol. The summed E-state index contributed by atoms with van der Waals surface area (Å²) in [7, 11) is 0. The van der Waals surface area contributed by atoms with Gasteiger partial charge in [0.2, 0.25) is 0 Å². The van der Waals surface area contributed by atoms with Gasteiger partial charge in [-0.1, -0.05) is 30.0 Å². The summed E-state index contributed by atoms with van der Waals surface area (Å²) in [5.41, 5.74) is 7.67. The van der Waals surface area contributed by atoms with E-state index >= 15 is 0 Å². The average Bonchev–Trinajstić information content (AvgIpc) is 2.39. The lowest BCUT2D eigenvalue weighted by atomic mass is 10.00. The molecule has 1 nitrogen and oxygen atoms in total. The molecule has 1 atom stereocenters. The smallest absolute Gasteiger partial charge is 0.288 e. The molecule has 0 saturated carbocycles. The molecule has 0 aromatic heterocycles. The molecule has 5 heteroatoms. The Balaban J connectivity index is 2.33. The predicted octanol–water partition coefficient (Wildman–Crippen LogP) is 4.83. The van der Waals surface area contributed by atoms with Gasteiger partial charge in [0.05, 0.1) is 0 Å². The first kappa shape index (κ1) is 14.9. The van der Waals surface area contributed by atoms with Crippen LogP contribution in [0.2, 0.25) is 0 Å². The van der Waals surface area contributed by atoms with Gasteiger partial charge in [0, 0.05) is 16.5 Å². The van der Waals surface area contributed by atoms with Gasteiger partial charge in [-0.25, -0.2) is 4.39 Å². The van der Waals surface area contributed by atoms with Gasteiger partial charge in [0.15, 0.2) is 0 Å². The van der Waals surface area contributed by atoms with Crippen LogP contribution in [-0.2, 0) is 0 Å². The van der Waals surface area contributed by atoms with Crippen LogP contribution in [0.1, 0.15) is 18.5 Å². The van der Waals surface area contributed by atoms with Crippen molar-refractivity contribution < 1.29 is 13.2 Å². The molecule has 0 radical (unpaired) electrons. The Labute approximate surface area is 120 Å². The zero-order chi connectivity index (χ0) is 14.7. The molecule has 0 amide bonds. The highest BCUT2D eigenvalue weighted by atomic mass is 32.2. The topological polar surface area (TPSA) is 26.0 Å². The van der Waals surface area contributed by atoms with Gasteiger partial charge in [-0.2, -0.15) is 8.78 Å². The lowest BCUT2D eigenvalue weighted by Crippen LogP contribution is -2.05. The standard InChI is InChI=1S/C15H14F3NS/c1-9(19)11-4-7-14(16)13(8-11)10-2-5-12(6-3-10)20-15(17)18/h2-9,15H,19H2,1H3. The molecule has 2 aromatic rings. The summed E-state index contributed by atoms with van der Waals surface area (Å²) < 4.78 is 38.3. The maximum absolute atomic E-state index is 13.9. The monoisotopic (exact) mass is 297 g/mol. The molecule has 0 aliphatic heterocycles. The van der Waals surface area contributed by atoms with Crippen LogP contribution in [0.5, 0.6) is 0 Å². The van der Waals surface area contributed by atoms with E-state index < -0.39 is 5.76 Å². The molecule has 106 valence electrons. The fraction of sp³-hybridized carbons (Fsp3) is 0.200. The Kier molecular flexibility index (Phi) is 4.73. The van der Waals surface area contributed by atoms with Crippen LogP contribution >= 0.6 is 11.8 Å². The molecule has 0 spiro atoms. The fourth-order valence-corrected chi connectivity index (χ4v) is 2.36. The molecular formula is C15H14F3NS. The lowest BCUT2D eigenvalue weighted by molar-refractivity contribution is 0.252. The Morgan fingerprint density at radius 1 is 1.05 bits per heavy atom. The number of thioether (sulfide) groups is 1. The van der Waals surface area contributed by atoms with Crippen molar-refractivity contribution in [3.63, 3.8) is 0 Å². The molecule has 1 unspecified atom stereocenters. The second kappa shape index (κ2) is 6.33. The number of halogens is 3. The van der Waals surface area contributed by atoms with Gasteiger partial charge in [0.1, 0.15) is 5.82 Å². The second-order valence-corrected chi connectivity index (χ2v) is 5.49. The summed E-state index contributed by atoms with van der Waals surface area (Å²) in [5, 5.41) is 0. The summed E-state index contributed by atoms with van der Waals surface area (Å²) in [4.78, 5) is 0.451. The number of alkyl halides is 2. The molecule has 0 fully saturated rings. The van der Waals surface area contributed by atoms with Crippen molar-refractivity contribution in [3.8, 4) is 11.1 Å². The number of nitrogens with two attached hydrogens (primary N) is 1. The first-order chi connectivity index (χ1) is 9.47. The van der Waals surface area contributed by atoms with E-state index in [1.807, 2.05) is 6.92 Å². The first-order valence-electron chi connectivity index (χ1n) is 6.07. The van der Waals surface area contributed by atoms with Crippen molar-refractivity contribution in [2.24, 2.45) is 5.73 Å². The van der Waals surface area contributed by atoms with Crippen molar-refractivity contribution >= 4 is 11.8 Å². The number of hydrogen-bond donors (Lipinski definition) is 1. The maximum atomic E-state index is 13.9. The van der Waals surface area contributed by atoms with Crippen LogP contribution in [0.4, 0.5) is 13.2 Å². The SMILES string of the molecule is CC(N)c1ccc(F)c(-c2ccc(SC(F)F)cc2)c1. The van der Waals surface area contributed by atoms with Gasteiger partial charge < -0.3 is 5.73 Å². The summed E-state index contributed by atoms with van der Waals surface area (Å²) in [6, 6.07) is 10.9. The number of benzene rings is 2. The minimum Gasteiger partial charge on any atom is -0.324 e. The van der Waals surface area contributed by atoms with E-state index in [4.69, 9.17) is 5.73 Å². The second-order valence-electron chi connectivity index (χ2n) is 4.43. The third kappa shape index (κ3) is 3.55. The zero-order valence-corrected chi connectivity index (χ0v) is 11.6. The first-order valence-corrected chi connectivity index (χ1v) is 6.95. The van der Waals surface area contributed by atoms with Crippen LogP contribution in [0.25, 0.3) is 11.1 Å². The summed E-state index contributed by atoms with van der Waals surface area (Å²) >= 11 is 0.467. The maximum Gasteiger partial charge on any atom is 0.288 e. The van der Waals surface area contributed by atoms with E-state index in [2.05, 4.69) is 0 Å². The normalized spacial score (nSPS) is 12.7. The molecule has 0 aliphatic carbocycles. The van der Waals surface area contributed by atoms with Gasteiger partial charge in [-0.15, -0.1) is 0 Å². The largest absolute Gasteiger partial charge is 0.324 e. The Bertz CT molecular complexity index is 582. The minimum absolute atomic E-state index is 0.192. The van der Waals surface area contributed by atoms with E-state index in [0.717, 1.165) is 5.56 Å². The summed E-state index contributed by atoms with van der Waals surface area (Å²) in [6.45, 7) is 1.82. The van der Waals surface area contributed by atoms with E-state index in [9.17, 15) is 13.2 Å². The van der Waals surface area contributed by atoms with Gasteiger partial charge in [-0.05, 0) is 42.3 Å². The summed E-state index contributed by atoms with van der Waals surface area (Å²) in [5.74, 6) is -2.82. The quantitative estimate of drug-likeness (QED) is 0.818. The number of rotatable bonds is 4. The molecule has 0 aliphatic rings. The Hall–Kier alpha value is -1.46. The Morgan fingerprint density at radius 3 is 2.25 bits per heavy atom. The minimum atomic E-state index is -2.46. The van der Waals surface area contributed by atoms with Crippen LogP contribution in [-0.4, -0.2) is 5.76 Å². The zero-order valence-electron chi connectivity index (χ0n) is 10.8. The van der Waals surface area contributed by atoms with Crippen molar-refractivity contribution in [2.75, 3.05) is 0 Å². The van der Waals surface area contributed by atoms with Gasteiger partial charge in [-0.3, -0.25) is 0 Å². The highest BCUT2D eigenvalue weighted by Crippen LogP contribution is 2.30. The van der Waals surface area contributed by atoms with E-state index in [1.165, 1.54) is 6.07 Å². The molecule has 20 heavy (non-hydrogen) atoms. The van der Waals surface area contributed by atoms with Gasteiger partial charge >= 0.3 is 0 Å². The van der Waals surface area contributed by atoms with E-state index in [1.54, 1.807) is 36.4 Å². The molecule has 0 bridgehead atoms. The third-order valence-electron chi connectivity index (χ3n) is 2.91. The highest BCUT2D eigenvalue weighted by molar-refractivity contribution is 7.99.